The fourth-order valence-electron chi connectivity index (χ4n) is 1.76. The summed E-state index contributed by atoms with van der Waals surface area (Å²) in [6.45, 7) is 4.60. The SMILES string of the molecule is Cc1cnc(N2CCOC(CBr)C2)c(Br)c1. The minimum absolute atomic E-state index is 0.253. The van der Waals surface area contributed by atoms with Crippen LogP contribution in [-0.2, 0) is 4.74 Å². The van der Waals surface area contributed by atoms with E-state index in [-0.39, 0.29) is 6.10 Å². The van der Waals surface area contributed by atoms with Gasteiger partial charge in [-0.2, -0.15) is 0 Å². The fraction of sp³-hybridized carbons (Fsp3) is 0.545. The van der Waals surface area contributed by atoms with Gasteiger partial charge in [-0.05, 0) is 34.5 Å². The first-order valence-electron chi connectivity index (χ1n) is 5.25. The molecule has 0 saturated carbocycles. The molecule has 0 bridgehead atoms. The molecule has 0 N–H and O–H groups in total. The summed E-state index contributed by atoms with van der Waals surface area (Å²) < 4.78 is 6.67. The van der Waals surface area contributed by atoms with Gasteiger partial charge in [0.2, 0.25) is 0 Å². The van der Waals surface area contributed by atoms with Crippen molar-refractivity contribution >= 4 is 37.7 Å². The van der Waals surface area contributed by atoms with Crippen LogP contribution in [-0.4, -0.2) is 36.1 Å². The van der Waals surface area contributed by atoms with Crippen LogP contribution in [0.3, 0.4) is 0 Å². The van der Waals surface area contributed by atoms with Gasteiger partial charge in [-0.25, -0.2) is 4.98 Å². The number of nitrogens with zero attached hydrogens (tertiary/aromatic N) is 2. The van der Waals surface area contributed by atoms with Crippen LogP contribution in [0.4, 0.5) is 5.82 Å². The van der Waals surface area contributed by atoms with E-state index in [2.05, 4.69) is 47.8 Å². The molecular weight excluding hydrogens is 336 g/mol. The van der Waals surface area contributed by atoms with Crippen molar-refractivity contribution in [2.24, 2.45) is 0 Å². The maximum atomic E-state index is 5.61. The highest BCUT2D eigenvalue weighted by atomic mass is 79.9. The molecule has 1 aromatic heterocycles. The second-order valence-corrected chi connectivity index (χ2v) is 5.41. The quantitative estimate of drug-likeness (QED) is 0.767. The molecule has 2 heterocycles. The van der Waals surface area contributed by atoms with E-state index in [1.807, 2.05) is 13.1 Å². The van der Waals surface area contributed by atoms with E-state index in [0.717, 1.165) is 35.3 Å². The number of aromatic nitrogens is 1. The number of pyridine rings is 1. The molecule has 0 aliphatic carbocycles. The summed E-state index contributed by atoms with van der Waals surface area (Å²) in [6, 6.07) is 2.10. The minimum atomic E-state index is 0.253. The Labute approximate surface area is 112 Å². The molecule has 1 unspecified atom stereocenters. The number of anilines is 1. The lowest BCUT2D eigenvalue weighted by atomic mass is 10.2. The maximum absolute atomic E-state index is 5.61. The zero-order chi connectivity index (χ0) is 11.5. The van der Waals surface area contributed by atoms with Gasteiger partial charge in [-0.15, -0.1) is 0 Å². The summed E-state index contributed by atoms with van der Waals surface area (Å²) >= 11 is 7.03. The molecule has 0 spiro atoms. The number of halogens is 2. The van der Waals surface area contributed by atoms with E-state index in [0.29, 0.717) is 0 Å². The number of morpholine rings is 1. The lowest BCUT2D eigenvalue weighted by Crippen LogP contribution is -2.43. The Morgan fingerprint density at radius 2 is 2.44 bits per heavy atom. The number of rotatable bonds is 2. The molecule has 0 amide bonds. The van der Waals surface area contributed by atoms with E-state index in [9.17, 15) is 0 Å². The maximum Gasteiger partial charge on any atom is 0.143 e. The molecule has 2 rings (SSSR count). The first-order chi connectivity index (χ1) is 7.70. The first-order valence-corrected chi connectivity index (χ1v) is 7.17. The zero-order valence-electron chi connectivity index (χ0n) is 9.12. The van der Waals surface area contributed by atoms with Crippen LogP contribution in [0.15, 0.2) is 16.7 Å². The van der Waals surface area contributed by atoms with Crippen molar-refractivity contribution in [3.05, 3.63) is 22.3 Å². The second kappa shape index (κ2) is 5.47. The Balaban J connectivity index is 2.16. The smallest absolute Gasteiger partial charge is 0.143 e. The third-order valence-electron chi connectivity index (χ3n) is 2.57. The number of hydrogen-bond donors (Lipinski definition) is 0. The summed E-state index contributed by atoms with van der Waals surface area (Å²) in [7, 11) is 0. The van der Waals surface area contributed by atoms with E-state index >= 15 is 0 Å². The predicted octanol–water partition coefficient (Wildman–Crippen LogP) is 2.75. The summed E-state index contributed by atoms with van der Waals surface area (Å²) in [5, 5.41) is 0.868. The fourth-order valence-corrected chi connectivity index (χ4v) is 2.87. The molecule has 1 atom stereocenters. The highest BCUT2D eigenvalue weighted by Gasteiger charge is 2.21. The van der Waals surface area contributed by atoms with Gasteiger partial charge in [0.15, 0.2) is 0 Å². The summed E-state index contributed by atoms with van der Waals surface area (Å²) in [5.74, 6) is 1.01. The van der Waals surface area contributed by atoms with Crippen LogP contribution >= 0.6 is 31.9 Å². The number of ether oxygens (including phenoxy) is 1. The molecule has 1 saturated heterocycles. The molecule has 16 heavy (non-hydrogen) atoms. The van der Waals surface area contributed by atoms with Crippen LogP contribution in [0, 0.1) is 6.92 Å². The third-order valence-corrected chi connectivity index (χ3v) is 3.87. The molecule has 0 aromatic carbocycles. The van der Waals surface area contributed by atoms with Crippen molar-refractivity contribution in [2.45, 2.75) is 13.0 Å². The predicted molar refractivity (Wildman–Crippen MR) is 72.4 cm³/mol. The second-order valence-electron chi connectivity index (χ2n) is 3.91. The lowest BCUT2D eigenvalue weighted by molar-refractivity contribution is 0.0567. The Kier molecular flexibility index (Phi) is 4.21. The van der Waals surface area contributed by atoms with E-state index in [1.54, 1.807) is 0 Å². The molecule has 0 radical (unpaired) electrons. The topological polar surface area (TPSA) is 25.4 Å². The molecule has 88 valence electrons. The molecular formula is C11H14Br2N2O. The van der Waals surface area contributed by atoms with Crippen LogP contribution in [0.1, 0.15) is 5.56 Å². The average Bonchev–Trinajstić information content (AvgIpc) is 2.29. The lowest BCUT2D eigenvalue weighted by Gasteiger charge is -2.33. The van der Waals surface area contributed by atoms with Crippen molar-refractivity contribution in [1.29, 1.82) is 0 Å². The van der Waals surface area contributed by atoms with Crippen LogP contribution in [0.25, 0.3) is 0 Å². The Hall–Kier alpha value is -0.130. The van der Waals surface area contributed by atoms with Crippen molar-refractivity contribution in [1.82, 2.24) is 4.98 Å². The van der Waals surface area contributed by atoms with Gasteiger partial charge in [0.25, 0.3) is 0 Å². The normalized spacial score (nSPS) is 21.2. The zero-order valence-corrected chi connectivity index (χ0v) is 12.3. The molecule has 1 aliphatic heterocycles. The minimum Gasteiger partial charge on any atom is -0.374 e. The number of aryl methyl sites for hydroxylation is 1. The van der Waals surface area contributed by atoms with Gasteiger partial charge in [0.05, 0.1) is 17.2 Å². The standard InChI is InChI=1S/C11H14Br2N2O/c1-8-4-10(13)11(14-6-8)15-2-3-16-9(5-12)7-15/h4,6,9H,2-3,5,7H2,1H3. The van der Waals surface area contributed by atoms with Gasteiger partial charge < -0.3 is 9.64 Å². The third kappa shape index (κ3) is 2.76. The van der Waals surface area contributed by atoms with Gasteiger partial charge in [0.1, 0.15) is 5.82 Å². The Morgan fingerprint density at radius 1 is 1.62 bits per heavy atom. The summed E-state index contributed by atoms with van der Waals surface area (Å²) in [6.07, 6.45) is 2.15. The van der Waals surface area contributed by atoms with Gasteiger partial charge in [0, 0.05) is 24.6 Å². The first kappa shape index (κ1) is 12.3. The molecule has 5 heteroatoms. The number of alkyl halides is 1. The molecule has 3 nitrogen and oxygen atoms in total. The molecule has 1 aliphatic rings. The summed E-state index contributed by atoms with van der Waals surface area (Å²) in [4.78, 5) is 6.74. The van der Waals surface area contributed by atoms with Crippen molar-refractivity contribution < 1.29 is 4.74 Å². The van der Waals surface area contributed by atoms with Gasteiger partial charge in [-0.3, -0.25) is 0 Å². The van der Waals surface area contributed by atoms with E-state index in [1.165, 1.54) is 5.56 Å². The van der Waals surface area contributed by atoms with Crippen LogP contribution in [0.5, 0.6) is 0 Å². The highest BCUT2D eigenvalue weighted by molar-refractivity contribution is 9.10. The van der Waals surface area contributed by atoms with Gasteiger partial charge >= 0.3 is 0 Å². The van der Waals surface area contributed by atoms with Crippen LogP contribution in [0.2, 0.25) is 0 Å². The molecule has 1 fully saturated rings. The summed E-state index contributed by atoms with van der Waals surface area (Å²) in [5.41, 5.74) is 1.17. The Bertz CT molecular complexity index is 373. The molecule has 1 aromatic rings. The monoisotopic (exact) mass is 348 g/mol. The average molecular weight is 350 g/mol. The van der Waals surface area contributed by atoms with Crippen molar-refractivity contribution in [3.8, 4) is 0 Å². The van der Waals surface area contributed by atoms with Crippen LogP contribution < -0.4 is 4.90 Å². The Morgan fingerprint density at radius 3 is 3.12 bits per heavy atom. The highest BCUT2D eigenvalue weighted by Crippen LogP contribution is 2.26. The number of hydrogen-bond acceptors (Lipinski definition) is 3. The van der Waals surface area contributed by atoms with Gasteiger partial charge in [-0.1, -0.05) is 15.9 Å². The largest absolute Gasteiger partial charge is 0.374 e. The van der Waals surface area contributed by atoms with E-state index < -0.39 is 0 Å². The van der Waals surface area contributed by atoms with Crippen molar-refractivity contribution in [3.63, 3.8) is 0 Å². The van der Waals surface area contributed by atoms with E-state index in [4.69, 9.17) is 4.74 Å². The van der Waals surface area contributed by atoms with Crippen molar-refractivity contribution in [2.75, 3.05) is 29.9 Å².